The zero-order valence-corrected chi connectivity index (χ0v) is 21.8. The fraction of sp³-hybridized carbons (Fsp3) is 0.520. The fourth-order valence-corrected chi connectivity index (χ4v) is 4.13. The van der Waals surface area contributed by atoms with E-state index in [0.29, 0.717) is 19.5 Å². The van der Waals surface area contributed by atoms with Crippen LogP contribution in [0, 0.1) is 32.3 Å². The Bertz CT molecular complexity index is 1140. The third-order valence-corrected chi connectivity index (χ3v) is 5.46. The zero-order chi connectivity index (χ0) is 28.0. The molecule has 12 nitrogen and oxygen atoms in total. The second kappa shape index (κ2) is 11.7. The van der Waals surface area contributed by atoms with Crippen molar-refractivity contribution in [3.63, 3.8) is 0 Å². The maximum Gasteiger partial charge on any atom is 0.514 e. The highest BCUT2D eigenvalue weighted by Crippen LogP contribution is 2.41. The van der Waals surface area contributed by atoms with Crippen LogP contribution in [-0.4, -0.2) is 54.3 Å². The molecule has 12 heteroatoms. The van der Waals surface area contributed by atoms with Gasteiger partial charge in [0.2, 0.25) is 0 Å². The minimum absolute atomic E-state index is 0.0157. The number of nitro groups is 1. The molecule has 1 aliphatic heterocycles. The zero-order valence-electron chi connectivity index (χ0n) is 21.8. The molecule has 0 fully saturated rings. The van der Waals surface area contributed by atoms with E-state index in [1.54, 1.807) is 19.9 Å². The summed E-state index contributed by atoms with van der Waals surface area (Å²) in [5.74, 6) is -1.79. The third-order valence-electron chi connectivity index (χ3n) is 5.46. The monoisotopic (exact) mass is 517 g/mol. The quantitative estimate of drug-likeness (QED) is 0.132. The van der Waals surface area contributed by atoms with Gasteiger partial charge in [0.05, 0.1) is 4.92 Å². The van der Waals surface area contributed by atoms with Gasteiger partial charge in [-0.25, -0.2) is 9.59 Å². The Balaban J connectivity index is 2.63. The number of amides is 1. The Kier molecular flexibility index (Phi) is 9.22. The van der Waals surface area contributed by atoms with Gasteiger partial charge in [-0.05, 0) is 48.8 Å². The first kappa shape index (κ1) is 29.1. The van der Waals surface area contributed by atoms with Crippen molar-refractivity contribution in [3.8, 4) is 17.6 Å². The van der Waals surface area contributed by atoms with Gasteiger partial charge in [0.1, 0.15) is 24.9 Å². The molecule has 0 aliphatic carbocycles. The van der Waals surface area contributed by atoms with E-state index in [4.69, 9.17) is 18.9 Å². The van der Waals surface area contributed by atoms with Crippen LogP contribution in [0.25, 0.3) is 6.08 Å². The number of fused-ring (bicyclic) bond motifs is 1. The summed E-state index contributed by atoms with van der Waals surface area (Å²) in [6, 6.07) is 3.89. The van der Waals surface area contributed by atoms with Crippen molar-refractivity contribution in [1.29, 1.82) is 5.26 Å². The molecule has 1 aliphatic rings. The van der Waals surface area contributed by atoms with Gasteiger partial charge in [0, 0.05) is 19.2 Å². The van der Waals surface area contributed by atoms with Gasteiger partial charge >= 0.3 is 18.0 Å². The summed E-state index contributed by atoms with van der Waals surface area (Å²) >= 11 is 0. The Morgan fingerprint density at radius 3 is 2.11 bits per heavy atom. The van der Waals surface area contributed by atoms with Gasteiger partial charge in [-0.3, -0.25) is 14.9 Å². The van der Waals surface area contributed by atoms with Crippen LogP contribution in [0.3, 0.4) is 0 Å². The minimum atomic E-state index is -1.23. The molecule has 200 valence electrons. The molecule has 0 spiro atoms. The Labute approximate surface area is 214 Å². The number of carbonyl (C=O) groups is 3. The number of benzene rings is 1. The Morgan fingerprint density at radius 2 is 1.62 bits per heavy atom. The number of nitriles is 1. The lowest BCUT2D eigenvalue weighted by atomic mass is 9.76. The smallest absolute Gasteiger partial charge is 0.433 e. The van der Waals surface area contributed by atoms with Crippen LogP contribution in [0.1, 0.15) is 53.5 Å². The molecule has 1 aromatic carbocycles. The summed E-state index contributed by atoms with van der Waals surface area (Å²) < 4.78 is 20.8. The van der Waals surface area contributed by atoms with Crippen molar-refractivity contribution in [2.75, 3.05) is 26.3 Å². The molecule has 0 saturated heterocycles. The molecule has 0 radical (unpaired) electrons. The lowest BCUT2D eigenvalue weighted by molar-refractivity contribution is -0.385. The predicted molar refractivity (Wildman–Crippen MR) is 131 cm³/mol. The van der Waals surface area contributed by atoms with E-state index in [-0.39, 0.29) is 24.4 Å². The minimum Gasteiger partial charge on any atom is -0.433 e. The number of nitro benzene ring substituents is 1. The number of likely N-dealkylation sites (N-methyl/N-ethyl adjacent to an activating group) is 1. The molecule has 1 aromatic rings. The van der Waals surface area contributed by atoms with E-state index in [1.165, 1.54) is 4.90 Å². The first-order valence-corrected chi connectivity index (χ1v) is 11.6. The van der Waals surface area contributed by atoms with E-state index in [2.05, 4.69) is 0 Å². The van der Waals surface area contributed by atoms with Crippen molar-refractivity contribution in [2.24, 2.45) is 10.8 Å². The van der Waals surface area contributed by atoms with Crippen LogP contribution < -0.4 is 9.47 Å². The van der Waals surface area contributed by atoms with E-state index in [0.717, 1.165) is 18.2 Å². The van der Waals surface area contributed by atoms with E-state index in [1.807, 2.05) is 27.7 Å². The Morgan fingerprint density at radius 1 is 1.08 bits per heavy atom. The lowest BCUT2D eigenvalue weighted by Gasteiger charge is -2.33. The number of cyclic esters (lactones) is 2. The molecular weight excluding hydrogens is 486 g/mol. The summed E-state index contributed by atoms with van der Waals surface area (Å²) in [5.41, 5.74) is -2.11. The third kappa shape index (κ3) is 7.93. The summed E-state index contributed by atoms with van der Waals surface area (Å²) in [5, 5.41) is 21.4. The molecule has 37 heavy (non-hydrogen) atoms. The normalized spacial score (nSPS) is 17.6. The molecule has 0 atom stereocenters. The van der Waals surface area contributed by atoms with Gasteiger partial charge in [-0.1, -0.05) is 27.7 Å². The highest BCUT2D eigenvalue weighted by Gasteiger charge is 2.34. The van der Waals surface area contributed by atoms with Crippen LogP contribution in [0.5, 0.6) is 11.5 Å². The van der Waals surface area contributed by atoms with E-state index in [9.17, 15) is 29.8 Å². The molecule has 0 unspecified atom stereocenters. The number of rotatable bonds is 5. The van der Waals surface area contributed by atoms with Crippen molar-refractivity contribution >= 4 is 30.0 Å². The molecule has 0 N–H and O–H groups in total. The molecule has 0 bridgehead atoms. The Hall–Kier alpha value is -4.14. The molecule has 2 rings (SSSR count). The predicted octanol–water partition coefficient (Wildman–Crippen LogP) is 4.86. The topological polar surface area (TPSA) is 158 Å². The van der Waals surface area contributed by atoms with E-state index < -0.39 is 51.2 Å². The van der Waals surface area contributed by atoms with Crippen LogP contribution in [0.2, 0.25) is 0 Å². The van der Waals surface area contributed by atoms with Crippen molar-refractivity contribution < 1.29 is 38.3 Å². The van der Waals surface area contributed by atoms with Crippen molar-refractivity contribution in [3.05, 3.63) is 33.4 Å². The first-order chi connectivity index (χ1) is 17.2. The highest BCUT2D eigenvalue weighted by molar-refractivity contribution is 6.01. The maximum absolute atomic E-state index is 12.7. The standard InChI is InChI=1S/C25H31N3O9/c1-7-27(8-2)21(29)17(12-26)9-16-10-18(28(32)33)20-19(11-16)36-22(30)34-14-24(3,4)13-25(5,6)15-35-23(31)37-20/h9-11H,7-8,13-15H2,1-6H3/b17-9+. The van der Waals surface area contributed by atoms with Crippen molar-refractivity contribution in [1.82, 2.24) is 4.90 Å². The second-order valence-corrected chi connectivity index (χ2v) is 10.1. The summed E-state index contributed by atoms with van der Waals surface area (Å²) in [6.45, 7) is 11.5. The number of carbonyl (C=O) groups excluding carboxylic acids is 3. The molecule has 0 aromatic heterocycles. The number of hydrogen-bond donors (Lipinski definition) is 0. The van der Waals surface area contributed by atoms with Crippen LogP contribution in [0.15, 0.2) is 17.7 Å². The SMILES string of the molecule is CCN(CC)C(=O)/C(C#N)=C/c1cc2c(c([N+](=O)[O-])c1)OC(=O)OCC(C)(C)CC(C)(C)COC(=O)O2. The second-order valence-electron chi connectivity index (χ2n) is 10.1. The van der Waals surface area contributed by atoms with Crippen LogP contribution >= 0.6 is 0 Å². The summed E-state index contributed by atoms with van der Waals surface area (Å²) in [7, 11) is 0. The van der Waals surface area contributed by atoms with Gasteiger partial charge in [-0.2, -0.15) is 5.26 Å². The average Bonchev–Trinajstić information content (AvgIpc) is 2.81. The molecular formula is C25H31N3O9. The van der Waals surface area contributed by atoms with Crippen LogP contribution in [-0.2, 0) is 14.3 Å². The van der Waals surface area contributed by atoms with Crippen LogP contribution in [0.4, 0.5) is 15.3 Å². The molecule has 1 amide bonds. The van der Waals surface area contributed by atoms with Gasteiger partial charge in [0.15, 0.2) is 5.75 Å². The summed E-state index contributed by atoms with van der Waals surface area (Å²) in [4.78, 5) is 50.0. The highest BCUT2D eigenvalue weighted by atomic mass is 16.7. The van der Waals surface area contributed by atoms with E-state index >= 15 is 0 Å². The molecule has 0 saturated carbocycles. The number of nitrogens with zero attached hydrogens (tertiary/aromatic N) is 3. The molecule has 1 heterocycles. The maximum atomic E-state index is 12.7. The first-order valence-electron chi connectivity index (χ1n) is 11.6. The average molecular weight is 518 g/mol. The van der Waals surface area contributed by atoms with Gasteiger partial charge in [-0.15, -0.1) is 0 Å². The number of hydrogen-bond acceptors (Lipinski definition) is 10. The fourth-order valence-electron chi connectivity index (χ4n) is 4.13. The largest absolute Gasteiger partial charge is 0.514 e. The van der Waals surface area contributed by atoms with Gasteiger partial charge in [0.25, 0.3) is 11.7 Å². The van der Waals surface area contributed by atoms with Crippen molar-refractivity contribution in [2.45, 2.75) is 48.0 Å². The number of ether oxygens (including phenoxy) is 4. The lowest BCUT2D eigenvalue weighted by Crippen LogP contribution is -2.32. The summed E-state index contributed by atoms with van der Waals surface area (Å²) in [6.07, 6.45) is -0.795. The van der Waals surface area contributed by atoms with Gasteiger partial charge < -0.3 is 23.8 Å².